The van der Waals surface area contributed by atoms with Gasteiger partial charge in [0, 0.05) is 63.9 Å². The van der Waals surface area contributed by atoms with Crippen molar-refractivity contribution in [1.82, 2.24) is 34.7 Å². The molecule has 3 aromatic heterocycles. The lowest BCUT2D eigenvalue weighted by atomic mass is 10.0. The highest BCUT2D eigenvalue weighted by Crippen LogP contribution is 2.41. The average Bonchev–Trinajstić information content (AvgIpc) is 3.12. The molecule has 19 heteroatoms. The Labute approximate surface area is 314 Å². The van der Waals surface area contributed by atoms with E-state index in [0.717, 1.165) is 69.9 Å². The van der Waals surface area contributed by atoms with Gasteiger partial charge in [-0.1, -0.05) is 6.92 Å². The minimum absolute atomic E-state index is 0.368. The second kappa shape index (κ2) is 16.9. The maximum absolute atomic E-state index is 13.4. The second-order valence-corrected chi connectivity index (χ2v) is 17.1. The van der Waals surface area contributed by atoms with Gasteiger partial charge in [0.1, 0.15) is 30.0 Å². The molecule has 53 heavy (non-hydrogen) atoms. The van der Waals surface area contributed by atoms with Crippen molar-refractivity contribution in [3.05, 3.63) is 46.8 Å². The monoisotopic (exact) mass is 822 g/mol. The van der Waals surface area contributed by atoms with E-state index in [4.69, 9.17) is 24.6 Å². The molecule has 0 radical (unpaired) electrons. The van der Waals surface area contributed by atoms with Gasteiger partial charge in [-0.3, -0.25) is 14.9 Å². The molecule has 5 heterocycles. The van der Waals surface area contributed by atoms with Gasteiger partial charge in [-0.15, -0.1) is 0 Å². The van der Waals surface area contributed by atoms with Crippen LogP contribution >= 0.6 is 23.1 Å². The second-order valence-electron chi connectivity index (χ2n) is 13.1. The molecule has 0 spiro atoms. The molecule has 0 atom stereocenters. The van der Waals surface area contributed by atoms with Gasteiger partial charge in [-0.25, -0.2) is 9.78 Å². The number of alkyl halides is 3. The number of piperidine rings is 1. The molecule has 2 aliphatic heterocycles. The van der Waals surface area contributed by atoms with Crippen molar-refractivity contribution in [2.45, 2.75) is 38.4 Å². The van der Waals surface area contributed by atoms with Crippen LogP contribution in [0.1, 0.15) is 25.3 Å². The highest BCUT2D eigenvalue weighted by molar-refractivity contribution is 9.10. The summed E-state index contributed by atoms with van der Waals surface area (Å²) >= 11 is 3.57. The summed E-state index contributed by atoms with van der Waals surface area (Å²) in [4.78, 5) is 39.5. The largest absolute Gasteiger partial charge is 0.490 e. The van der Waals surface area contributed by atoms with Gasteiger partial charge >= 0.3 is 12.1 Å². The van der Waals surface area contributed by atoms with Crippen molar-refractivity contribution in [3.63, 3.8) is 0 Å². The number of ether oxygens (including phenoxy) is 1. The Balaban J connectivity index is 0.000000705. The van der Waals surface area contributed by atoms with Gasteiger partial charge in [0.15, 0.2) is 0 Å². The lowest BCUT2D eigenvalue weighted by Crippen LogP contribution is -2.52. The van der Waals surface area contributed by atoms with Gasteiger partial charge in [0.25, 0.3) is 0 Å². The zero-order chi connectivity index (χ0) is 38.5. The first kappa shape index (κ1) is 40.1. The molecule has 6 rings (SSSR count). The van der Waals surface area contributed by atoms with Gasteiger partial charge in [-0.05, 0) is 79.3 Å². The molecular formula is C34H43BrF3N10O4P. The standard InChI is InChI=1S/C32H42BrN10O2P.C2HF3O2/c1-6-21-19-26(31(45-3)40-30(21)43-13-9-22(10-14-43)42-17-15-41(2)16-18-42)38-32-36-20-23(33)29(39-32)37-25-8-7-24-27(35-12-11-34-24)28(25)46(4,5)44;3-2(4,5)1(6)7/h7-8,11-12,19-20,22H,6,9-10,13-18H2,1-5H3,(H2,36,37,38,39);(H,6,7). The fourth-order valence-corrected chi connectivity index (χ4v) is 8.05. The normalized spacial score (nSPS) is 16.2. The molecule has 0 bridgehead atoms. The van der Waals surface area contributed by atoms with Crippen LogP contribution in [0.4, 0.5) is 42.1 Å². The minimum Gasteiger partial charge on any atom is -0.479 e. The third-order valence-corrected chi connectivity index (χ3v) is 11.2. The number of piperazine rings is 1. The molecule has 2 aliphatic rings. The zero-order valence-corrected chi connectivity index (χ0v) is 32.6. The average molecular weight is 824 g/mol. The van der Waals surface area contributed by atoms with E-state index in [0.29, 0.717) is 55.9 Å². The van der Waals surface area contributed by atoms with Gasteiger partial charge in [0.05, 0.1) is 28.1 Å². The molecule has 1 aromatic carbocycles. The van der Waals surface area contributed by atoms with Gasteiger partial charge < -0.3 is 34.8 Å². The van der Waals surface area contributed by atoms with Crippen LogP contribution in [0.3, 0.4) is 0 Å². The number of likely N-dealkylation sites (N-methyl/N-ethyl adjacent to an activating group) is 1. The number of nitrogens with zero attached hydrogens (tertiary/aromatic N) is 8. The Bertz CT molecular complexity index is 1970. The molecule has 4 aromatic rings. The van der Waals surface area contributed by atoms with E-state index in [1.807, 2.05) is 12.1 Å². The molecule has 0 unspecified atom stereocenters. The van der Waals surface area contributed by atoms with Crippen molar-refractivity contribution >= 4 is 74.3 Å². The highest BCUT2D eigenvalue weighted by atomic mass is 79.9. The Morgan fingerprint density at radius 2 is 1.68 bits per heavy atom. The van der Waals surface area contributed by atoms with Crippen LogP contribution in [0.2, 0.25) is 0 Å². The number of nitrogens with one attached hydrogen (secondary N) is 2. The minimum atomic E-state index is -5.08. The number of aliphatic carboxylic acids is 1. The number of anilines is 5. The smallest absolute Gasteiger partial charge is 0.479 e. The maximum Gasteiger partial charge on any atom is 0.490 e. The summed E-state index contributed by atoms with van der Waals surface area (Å²) in [6.07, 6.45) is 2.93. The Hall–Kier alpha value is -4.12. The summed E-state index contributed by atoms with van der Waals surface area (Å²) in [7, 11) is 1.10. The topological polar surface area (TPSA) is 162 Å². The summed E-state index contributed by atoms with van der Waals surface area (Å²) in [5.74, 6) is -0.406. The summed E-state index contributed by atoms with van der Waals surface area (Å²) in [6, 6.07) is 6.45. The van der Waals surface area contributed by atoms with Crippen LogP contribution in [0.25, 0.3) is 11.0 Å². The number of pyridine rings is 1. The molecule has 0 saturated carbocycles. The SMILES string of the molecule is CCc1cc(Nc2ncc(Br)c(Nc3ccc4nccnc4c3P(C)(C)=O)n2)c(OC)nc1N1CCC(N2CCN(C)CC2)CC1.O=C(O)C(F)(F)F. The van der Waals surface area contributed by atoms with E-state index in [2.05, 4.69) is 76.3 Å². The number of carbonyl (C=O) groups is 1. The number of hydrogen-bond acceptors (Lipinski definition) is 13. The van der Waals surface area contributed by atoms with Crippen LogP contribution in [0.15, 0.2) is 41.3 Å². The predicted octanol–water partition coefficient (Wildman–Crippen LogP) is 5.73. The Morgan fingerprint density at radius 1 is 1.02 bits per heavy atom. The fourth-order valence-electron chi connectivity index (χ4n) is 6.37. The van der Waals surface area contributed by atoms with Crippen LogP contribution in [0.5, 0.6) is 5.88 Å². The number of hydrogen-bond donors (Lipinski definition) is 3. The van der Waals surface area contributed by atoms with E-state index in [-0.39, 0.29) is 0 Å². The molecular weight excluding hydrogens is 780 g/mol. The Kier molecular flexibility index (Phi) is 12.8. The fraction of sp³-hybridized carbons (Fsp3) is 0.471. The van der Waals surface area contributed by atoms with Crippen molar-refractivity contribution in [3.8, 4) is 5.88 Å². The number of aromatic nitrogens is 5. The third kappa shape index (κ3) is 9.90. The molecule has 2 saturated heterocycles. The molecule has 14 nitrogen and oxygen atoms in total. The molecule has 2 fully saturated rings. The van der Waals surface area contributed by atoms with Crippen LogP contribution in [-0.2, 0) is 15.8 Å². The lowest BCUT2D eigenvalue weighted by Gasteiger charge is -2.42. The summed E-state index contributed by atoms with van der Waals surface area (Å²) < 4.78 is 51.6. The van der Waals surface area contributed by atoms with E-state index in [1.54, 1.807) is 39.0 Å². The summed E-state index contributed by atoms with van der Waals surface area (Å²) in [5, 5.41) is 14.4. The summed E-state index contributed by atoms with van der Waals surface area (Å²) in [5.41, 5.74) is 3.78. The number of rotatable bonds is 9. The number of carboxylic acids is 1. The van der Waals surface area contributed by atoms with Crippen LogP contribution in [0, 0.1) is 0 Å². The van der Waals surface area contributed by atoms with Crippen molar-refractivity contribution in [2.75, 3.05) is 82.3 Å². The van der Waals surface area contributed by atoms with E-state index in [9.17, 15) is 17.7 Å². The zero-order valence-electron chi connectivity index (χ0n) is 30.1. The number of halogens is 4. The molecule has 0 amide bonds. The highest BCUT2D eigenvalue weighted by Gasteiger charge is 2.38. The molecule has 286 valence electrons. The predicted molar refractivity (Wildman–Crippen MR) is 203 cm³/mol. The number of carboxylic acid groups (broad SMARTS) is 1. The first-order valence-electron chi connectivity index (χ1n) is 17.0. The van der Waals surface area contributed by atoms with Crippen LogP contribution < -0.4 is 25.6 Å². The van der Waals surface area contributed by atoms with Crippen LogP contribution in [-0.4, -0.2) is 125 Å². The van der Waals surface area contributed by atoms with Gasteiger partial charge in [-0.2, -0.15) is 23.1 Å². The van der Waals surface area contributed by atoms with E-state index < -0.39 is 19.3 Å². The van der Waals surface area contributed by atoms with Crippen molar-refractivity contribution in [2.24, 2.45) is 0 Å². The van der Waals surface area contributed by atoms with E-state index >= 15 is 0 Å². The van der Waals surface area contributed by atoms with E-state index in [1.165, 1.54) is 0 Å². The van der Waals surface area contributed by atoms with Crippen molar-refractivity contribution < 1.29 is 32.4 Å². The third-order valence-electron chi connectivity index (χ3n) is 9.07. The maximum atomic E-state index is 13.4. The molecule has 0 aliphatic carbocycles. The quantitative estimate of drug-likeness (QED) is 0.176. The number of methoxy groups -OCH3 is 1. The lowest BCUT2D eigenvalue weighted by molar-refractivity contribution is -0.192. The number of fused-ring (bicyclic) bond motifs is 1. The summed E-state index contributed by atoms with van der Waals surface area (Å²) in [6.45, 7) is 12.2. The number of aryl methyl sites for hydroxylation is 1. The molecule has 3 N–H and O–H groups in total. The Morgan fingerprint density at radius 3 is 2.28 bits per heavy atom. The van der Waals surface area contributed by atoms with Crippen molar-refractivity contribution in [1.29, 1.82) is 0 Å². The first-order valence-corrected chi connectivity index (χ1v) is 20.4. The first-order chi connectivity index (χ1) is 25.1. The van der Waals surface area contributed by atoms with Gasteiger partial charge in [0.2, 0.25) is 11.8 Å². The number of benzene rings is 1.